The zero-order valence-corrected chi connectivity index (χ0v) is 11.4. The SMILES string of the molecule is COCCNCC1(Cc2c(F)cccc2Cl)CC1. The maximum atomic E-state index is 13.7. The van der Waals surface area contributed by atoms with Gasteiger partial charge in [0.15, 0.2) is 0 Å². The number of methoxy groups -OCH3 is 1. The maximum absolute atomic E-state index is 13.7. The summed E-state index contributed by atoms with van der Waals surface area (Å²) in [5.74, 6) is -0.189. The monoisotopic (exact) mass is 271 g/mol. The van der Waals surface area contributed by atoms with Crippen LogP contribution in [0.5, 0.6) is 0 Å². The third kappa shape index (κ3) is 3.44. The zero-order chi connectivity index (χ0) is 13.0. The molecule has 1 aliphatic rings. The summed E-state index contributed by atoms with van der Waals surface area (Å²) in [6.07, 6.45) is 2.99. The molecule has 100 valence electrons. The summed E-state index contributed by atoms with van der Waals surface area (Å²) in [4.78, 5) is 0. The first-order valence-corrected chi connectivity index (χ1v) is 6.67. The lowest BCUT2D eigenvalue weighted by Gasteiger charge is -2.17. The van der Waals surface area contributed by atoms with Crippen molar-refractivity contribution >= 4 is 11.6 Å². The van der Waals surface area contributed by atoms with Gasteiger partial charge in [-0.2, -0.15) is 0 Å². The van der Waals surface area contributed by atoms with E-state index >= 15 is 0 Å². The number of nitrogens with one attached hydrogen (secondary N) is 1. The Hall–Kier alpha value is -0.640. The molecule has 0 heterocycles. The fourth-order valence-corrected chi connectivity index (χ4v) is 2.43. The van der Waals surface area contributed by atoms with Crippen molar-refractivity contribution in [1.82, 2.24) is 5.32 Å². The lowest BCUT2D eigenvalue weighted by atomic mass is 9.96. The first-order chi connectivity index (χ1) is 8.67. The summed E-state index contributed by atoms with van der Waals surface area (Å²) in [6.45, 7) is 2.45. The minimum absolute atomic E-state index is 0.189. The van der Waals surface area contributed by atoms with E-state index in [9.17, 15) is 4.39 Å². The predicted molar refractivity (Wildman–Crippen MR) is 71.5 cm³/mol. The van der Waals surface area contributed by atoms with Crippen molar-refractivity contribution in [3.05, 3.63) is 34.6 Å². The van der Waals surface area contributed by atoms with E-state index < -0.39 is 0 Å². The van der Waals surface area contributed by atoms with Crippen molar-refractivity contribution in [1.29, 1.82) is 0 Å². The van der Waals surface area contributed by atoms with Gasteiger partial charge in [-0.05, 0) is 36.8 Å². The molecule has 1 aromatic carbocycles. The first kappa shape index (κ1) is 13.8. The number of rotatable bonds is 7. The molecular weight excluding hydrogens is 253 g/mol. The van der Waals surface area contributed by atoms with Gasteiger partial charge in [-0.15, -0.1) is 0 Å². The molecule has 1 saturated carbocycles. The fourth-order valence-electron chi connectivity index (χ4n) is 2.20. The van der Waals surface area contributed by atoms with Crippen LogP contribution in [0.4, 0.5) is 4.39 Å². The van der Waals surface area contributed by atoms with E-state index in [0.717, 1.165) is 32.4 Å². The van der Waals surface area contributed by atoms with Gasteiger partial charge in [-0.3, -0.25) is 0 Å². The molecule has 1 aliphatic carbocycles. The number of hydrogen-bond acceptors (Lipinski definition) is 2. The standard InChI is InChI=1S/C14H19ClFNO/c1-18-8-7-17-10-14(5-6-14)9-11-12(15)3-2-4-13(11)16/h2-4,17H,5-10H2,1H3. The van der Waals surface area contributed by atoms with Crippen LogP contribution in [-0.2, 0) is 11.2 Å². The summed E-state index contributed by atoms with van der Waals surface area (Å²) in [5.41, 5.74) is 0.852. The minimum Gasteiger partial charge on any atom is -0.383 e. The van der Waals surface area contributed by atoms with Crippen molar-refractivity contribution in [2.24, 2.45) is 5.41 Å². The van der Waals surface area contributed by atoms with Gasteiger partial charge < -0.3 is 10.1 Å². The van der Waals surface area contributed by atoms with Gasteiger partial charge in [0, 0.05) is 30.8 Å². The van der Waals surface area contributed by atoms with Crippen LogP contribution in [0.2, 0.25) is 5.02 Å². The molecule has 1 fully saturated rings. The van der Waals surface area contributed by atoms with Crippen molar-refractivity contribution in [3.63, 3.8) is 0 Å². The summed E-state index contributed by atoms with van der Waals surface area (Å²) in [5, 5.41) is 3.90. The number of hydrogen-bond donors (Lipinski definition) is 1. The zero-order valence-electron chi connectivity index (χ0n) is 10.6. The Morgan fingerprint density at radius 3 is 2.83 bits per heavy atom. The number of ether oxygens (including phenoxy) is 1. The molecule has 0 atom stereocenters. The lowest BCUT2D eigenvalue weighted by Crippen LogP contribution is -2.28. The smallest absolute Gasteiger partial charge is 0.127 e. The van der Waals surface area contributed by atoms with E-state index in [0.29, 0.717) is 17.2 Å². The normalized spacial score (nSPS) is 16.8. The Morgan fingerprint density at radius 1 is 1.44 bits per heavy atom. The molecule has 2 nitrogen and oxygen atoms in total. The highest BCUT2D eigenvalue weighted by Gasteiger charge is 2.42. The molecule has 0 saturated heterocycles. The quantitative estimate of drug-likeness (QED) is 0.770. The molecule has 1 N–H and O–H groups in total. The second kappa shape index (κ2) is 6.00. The Bertz CT molecular complexity index is 387. The van der Waals surface area contributed by atoms with Gasteiger partial charge in [0.05, 0.1) is 6.61 Å². The largest absolute Gasteiger partial charge is 0.383 e. The Morgan fingerprint density at radius 2 is 2.22 bits per heavy atom. The molecule has 0 spiro atoms. The predicted octanol–water partition coefficient (Wildman–Crippen LogP) is 3.04. The summed E-state index contributed by atoms with van der Waals surface area (Å²) >= 11 is 6.07. The van der Waals surface area contributed by atoms with E-state index in [4.69, 9.17) is 16.3 Å². The molecule has 18 heavy (non-hydrogen) atoms. The lowest BCUT2D eigenvalue weighted by molar-refractivity contribution is 0.197. The highest BCUT2D eigenvalue weighted by molar-refractivity contribution is 6.31. The van der Waals surface area contributed by atoms with E-state index in [-0.39, 0.29) is 11.2 Å². The molecule has 2 rings (SSSR count). The highest BCUT2D eigenvalue weighted by Crippen LogP contribution is 2.48. The molecular formula is C14H19ClFNO. The number of halogens is 2. The van der Waals surface area contributed by atoms with Crippen molar-refractivity contribution in [2.75, 3.05) is 26.8 Å². The summed E-state index contributed by atoms with van der Waals surface area (Å²) < 4.78 is 18.7. The van der Waals surface area contributed by atoms with E-state index in [1.165, 1.54) is 6.07 Å². The van der Waals surface area contributed by atoms with E-state index in [2.05, 4.69) is 5.32 Å². The second-order valence-corrected chi connectivity index (χ2v) is 5.45. The van der Waals surface area contributed by atoms with Crippen LogP contribution in [-0.4, -0.2) is 26.8 Å². The average Bonchev–Trinajstić information content (AvgIpc) is 3.11. The van der Waals surface area contributed by atoms with Gasteiger partial charge in [0.25, 0.3) is 0 Å². The van der Waals surface area contributed by atoms with Crippen LogP contribution in [0.25, 0.3) is 0 Å². The van der Waals surface area contributed by atoms with Crippen LogP contribution in [0, 0.1) is 11.2 Å². The third-order valence-electron chi connectivity index (χ3n) is 3.55. The van der Waals surface area contributed by atoms with Gasteiger partial charge in [-0.25, -0.2) is 4.39 Å². The van der Waals surface area contributed by atoms with Crippen LogP contribution in [0.15, 0.2) is 18.2 Å². The average molecular weight is 272 g/mol. The van der Waals surface area contributed by atoms with Crippen LogP contribution in [0.1, 0.15) is 18.4 Å². The fraction of sp³-hybridized carbons (Fsp3) is 0.571. The molecule has 0 unspecified atom stereocenters. The second-order valence-electron chi connectivity index (χ2n) is 5.05. The van der Waals surface area contributed by atoms with Gasteiger partial charge in [-0.1, -0.05) is 17.7 Å². The topological polar surface area (TPSA) is 21.3 Å². The van der Waals surface area contributed by atoms with E-state index in [1.54, 1.807) is 19.2 Å². The molecule has 0 bridgehead atoms. The Kier molecular flexibility index (Phi) is 4.60. The van der Waals surface area contributed by atoms with Crippen LogP contribution in [0.3, 0.4) is 0 Å². The van der Waals surface area contributed by atoms with Crippen LogP contribution >= 0.6 is 11.6 Å². The summed E-state index contributed by atoms with van der Waals surface area (Å²) in [7, 11) is 1.69. The van der Waals surface area contributed by atoms with Crippen molar-refractivity contribution < 1.29 is 9.13 Å². The Labute approximate surface area is 112 Å². The molecule has 4 heteroatoms. The van der Waals surface area contributed by atoms with Gasteiger partial charge in [0.1, 0.15) is 5.82 Å². The van der Waals surface area contributed by atoms with Gasteiger partial charge >= 0.3 is 0 Å². The molecule has 0 aromatic heterocycles. The molecule has 0 radical (unpaired) electrons. The molecule has 1 aromatic rings. The van der Waals surface area contributed by atoms with Crippen molar-refractivity contribution in [3.8, 4) is 0 Å². The minimum atomic E-state index is -0.189. The molecule has 0 aliphatic heterocycles. The van der Waals surface area contributed by atoms with Crippen molar-refractivity contribution in [2.45, 2.75) is 19.3 Å². The third-order valence-corrected chi connectivity index (χ3v) is 3.91. The summed E-state index contributed by atoms with van der Waals surface area (Å²) in [6, 6.07) is 4.89. The molecule has 0 amide bonds. The van der Waals surface area contributed by atoms with Gasteiger partial charge in [0.2, 0.25) is 0 Å². The maximum Gasteiger partial charge on any atom is 0.127 e. The van der Waals surface area contributed by atoms with E-state index in [1.807, 2.05) is 0 Å². The Balaban J connectivity index is 1.92. The highest BCUT2D eigenvalue weighted by atomic mass is 35.5. The van der Waals surface area contributed by atoms with Crippen LogP contribution < -0.4 is 5.32 Å². The number of benzene rings is 1. The first-order valence-electron chi connectivity index (χ1n) is 6.29.